The Morgan fingerprint density at radius 3 is 1.50 bits per heavy atom. The van der Waals surface area contributed by atoms with E-state index in [1.165, 1.54) is 0 Å². The second-order valence-electron chi connectivity index (χ2n) is 2.46. The SMILES string of the molecule is O=C(CS)OCCCCOC(=O)CS. The number of unbranched alkanes of at least 4 members (excludes halogenated alkanes) is 1. The van der Waals surface area contributed by atoms with Gasteiger partial charge < -0.3 is 9.47 Å². The fourth-order valence-electron chi connectivity index (χ4n) is 0.667. The fourth-order valence-corrected chi connectivity index (χ4v) is 0.850. The Bertz CT molecular complexity index is 164. The Kier molecular flexibility index (Phi) is 8.97. The average molecular weight is 238 g/mol. The first kappa shape index (κ1) is 13.6. The van der Waals surface area contributed by atoms with Gasteiger partial charge in [-0.2, -0.15) is 25.3 Å². The Morgan fingerprint density at radius 1 is 0.857 bits per heavy atom. The van der Waals surface area contributed by atoms with Crippen LogP contribution in [0.15, 0.2) is 0 Å². The molecule has 0 rings (SSSR count). The third-order valence-corrected chi connectivity index (χ3v) is 1.84. The van der Waals surface area contributed by atoms with Crippen LogP contribution in [0.3, 0.4) is 0 Å². The highest BCUT2D eigenvalue weighted by Crippen LogP contribution is 1.93. The maximum absolute atomic E-state index is 10.6. The van der Waals surface area contributed by atoms with Gasteiger partial charge in [0, 0.05) is 0 Å². The van der Waals surface area contributed by atoms with Gasteiger partial charge in [0.05, 0.1) is 24.7 Å². The third kappa shape index (κ3) is 8.25. The zero-order valence-electron chi connectivity index (χ0n) is 7.77. The molecular weight excluding hydrogens is 224 g/mol. The van der Waals surface area contributed by atoms with Crippen LogP contribution < -0.4 is 0 Å². The molecule has 0 aliphatic rings. The maximum atomic E-state index is 10.6. The second-order valence-corrected chi connectivity index (χ2v) is 3.10. The molecule has 0 heterocycles. The summed E-state index contributed by atoms with van der Waals surface area (Å²) in [5, 5.41) is 0. The molecule has 0 fully saturated rings. The van der Waals surface area contributed by atoms with Crippen LogP contribution >= 0.6 is 25.3 Å². The number of ether oxygens (including phenoxy) is 2. The number of rotatable bonds is 7. The van der Waals surface area contributed by atoms with E-state index in [1.54, 1.807) is 0 Å². The summed E-state index contributed by atoms with van der Waals surface area (Å²) in [5.74, 6) is -0.482. The van der Waals surface area contributed by atoms with Crippen LogP contribution in [0.4, 0.5) is 0 Å². The van der Waals surface area contributed by atoms with Gasteiger partial charge in [0.2, 0.25) is 0 Å². The summed E-state index contributed by atoms with van der Waals surface area (Å²) >= 11 is 7.49. The van der Waals surface area contributed by atoms with Gasteiger partial charge in [-0.3, -0.25) is 9.59 Å². The molecule has 0 aliphatic carbocycles. The Hall–Kier alpha value is -0.360. The van der Waals surface area contributed by atoms with Crippen molar-refractivity contribution in [1.82, 2.24) is 0 Å². The molecule has 0 N–H and O–H groups in total. The summed E-state index contributed by atoms with van der Waals surface area (Å²) in [5.41, 5.74) is 0. The third-order valence-electron chi connectivity index (χ3n) is 1.32. The van der Waals surface area contributed by atoms with E-state index in [-0.39, 0.29) is 23.4 Å². The van der Waals surface area contributed by atoms with E-state index in [4.69, 9.17) is 9.47 Å². The van der Waals surface area contributed by atoms with Crippen LogP contribution in [-0.4, -0.2) is 36.7 Å². The quantitative estimate of drug-likeness (QED) is 0.390. The van der Waals surface area contributed by atoms with Crippen molar-refractivity contribution in [2.24, 2.45) is 0 Å². The summed E-state index contributed by atoms with van der Waals surface area (Å²) in [4.78, 5) is 21.2. The largest absolute Gasteiger partial charge is 0.465 e. The molecule has 14 heavy (non-hydrogen) atoms. The van der Waals surface area contributed by atoms with E-state index in [0.29, 0.717) is 26.1 Å². The number of esters is 2. The lowest BCUT2D eigenvalue weighted by atomic mass is 10.3. The molecule has 0 atom stereocenters. The summed E-state index contributed by atoms with van der Waals surface area (Å²) in [6, 6.07) is 0. The highest BCUT2D eigenvalue weighted by Gasteiger charge is 2.00. The molecule has 0 aromatic carbocycles. The second kappa shape index (κ2) is 9.21. The number of carbonyl (C=O) groups excluding carboxylic acids is 2. The van der Waals surface area contributed by atoms with Crippen LogP contribution in [-0.2, 0) is 19.1 Å². The number of thiol groups is 2. The Morgan fingerprint density at radius 2 is 1.21 bits per heavy atom. The molecule has 4 nitrogen and oxygen atoms in total. The summed E-state index contributed by atoms with van der Waals surface area (Å²) in [6.45, 7) is 0.690. The maximum Gasteiger partial charge on any atom is 0.315 e. The van der Waals surface area contributed by atoms with Gasteiger partial charge in [-0.15, -0.1) is 0 Å². The molecular formula is C8H14O4S2. The van der Waals surface area contributed by atoms with E-state index in [0.717, 1.165) is 0 Å². The summed E-state index contributed by atoms with van der Waals surface area (Å²) < 4.78 is 9.51. The lowest BCUT2D eigenvalue weighted by Crippen LogP contribution is -2.09. The molecule has 0 radical (unpaired) electrons. The fraction of sp³-hybridized carbons (Fsp3) is 0.750. The van der Waals surface area contributed by atoms with Gasteiger partial charge >= 0.3 is 11.9 Å². The normalized spacial score (nSPS) is 9.57. The molecule has 0 spiro atoms. The highest BCUT2D eigenvalue weighted by atomic mass is 32.1. The molecule has 0 aromatic heterocycles. The van der Waals surface area contributed by atoms with E-state index in [1.807, 2.05) is 0 Å². The molecule has 0 amide bonds. The first-order valence-corrected chi connectivity index (χ1v) is 5.50. The van der Waals surface area contributed by atoms with Gasteiger partial charge in [0.1, 0.15) is 0 Å². The van der Waals surface area contributed by atoms with Crippen molar-refractivity contribution in [3.8, 4) is 0 Å². The Labute approximate surface area is 94.2 Å². The minimum atomic E-state index is -0.333. The molecule has 0 saturated heterocycles. The standard InChI is InChI=1S/C8H14O4S2/c9-7(5-13)11-3-1-2-4-12-8(10)6-14/h13-14H,1-6H2. The van der Waals surface area contributed by atoms with Crippen molar-refractivity contribution in [3.05, 3.63) is 0 Å². The summed E-state index contributed by atoms with van der Waals surface area (Å²) in [7, 11) is 0. The van der Waals surface area contributed by atoms with Gasteiger partial charge in [-0.1, -0.05) is 0 Å². The predicted octanol–water partition coefficient (Wildman–Crippen LogP) is 0.713. The van der Waals surface area contributed by atoms with E-state index in [9.17, 15) is 9.59 Å². The molecule has 0 bridgehead atoms. The number of carbonyl (C=O) groups is 2. The van der Waals surface area contributed by atoms with Crippen molar-refractivity contribution >= 4 is 37.2 Å². The van der Waals surface area contributed by atoms with Gasteiger partial charge in [-0.05, 0) is 12.8 Å². The molecule has 0 aromatic rings. The zero-order valence-corrected chi connectivity index (χ0v) is 9.56. The monoisotopic (exact) mass is 238 g/mol. The predicted molar refractivity (Wildman–Crippen MR) is 58.9 cm³/mol. The van der Waals surface area contributed by atoms with E-state index < -0.39 is 0 Å². The van der Waals surface area contributed by atoms with Crippen molar-refractivity contribution < 1.29 is 19.1 Å². The average Bonchev–Trinajstić information content (AvgIpc) is 2.22. The highest BCUT2D eigenvalue weighted by molar-refractivity contribution is 7.81. The van der Waals surface area contributed by atoms with E-state index in [2.05, 4.69) is 25.3 Å². The van der Waals surface area contributed by atoms with Crippen LogP contribution in [0.5, 0.6) is 0 Å². The first-order chi connectivity index (χ1) is 6.70. The van der Waals surface area contributed by atoms with Crippen molar-refractivity contribution in [2.75, 3.05) is 24.7 Å². The van der Waals surface area contributed by atoms with E-state index >= 15 is 0 Å². The number of hydrogen-bond acceptors (Lipinski definition) is 6. The first-order valence-electron chi connectivity index (χ1n) is 4.23. The summed E-state index contributed by atoms with van der Waals surface area (Å²) in [6.07, 6.45) is 1.36. The molecule has 82 valence electrons. The minimum absolute atomic E-state index is 0.0919. The van der Waals surface area contributed by atoms with Crippen molar-refractivity contribution in [1.29, 1.82) is 0 Å². The molecule has 0 saturated carbocycles. The molecule has 0 unspecified atom stereocenters. The number of hydrogen-bond donors (Lipinski definition) is 2. The van der Waals surface area contributed by atoms with Gasteiger partial charge in [-0.25, -0.2) is 0 Å². The van der Waals surface area contributed by atoms with Crippen LogP contribution in [0.2, 0.25) is 0 Å². The van der Waals surface area contributed by atoms with Crippen LogP contribution in [0, 0.1) is 0 Å². The smallest absolute Gasteiger partial charge is 0.315 e. The lowest BCUT2D eigenvalue weighted by Gasteiger charge is -2.03. The molecule has 0 aliphatic heterocycles. The minimum Gasteiger partial charge on any atom is -0.465 e. The van der Waals surface area contributed by atoms with Crippen LogP contribution in [0.1, 0.15) is 12.8 Å². The molecule has 6 heteroatoms. The zero-order chi connectivity index (χ0) is 10.8. The van der Waals surface area contributed by atoms with Crippen molar-refractivity contribution in [2.45, 2.75) is 12.8 Å². The van der Waals surface area contributed by atoms with Crippen molar-refractivity contribution in [3.63, 3.8) is 0 Å². The van der Waals surface area contributed by atoms with Gasteiger partial charge in [0.25, 0.3) is 0 Å². The lowest BCUT2D eigenvalue weighted by molar-refractivity contribution is -0.142. The van der Waals surface area contributed by atoms with Gasteiger partial charge in [0.15, 0.2) is 0 Å². The Balaban J connectivity index is 3.14. The topological polar surface area (TPSA) is 52.6 Å². The van der Waals surface area contributed by atoms with Crippen LogP contribution in [0.25, 0.3) is 0 Å².